The number of hydrogen-bond donors (Lipinski definition) is 1. The van der Waals surface area contributed by atoms with Crippen molar-refractivity contribution in [2.45, 2.75) is 51.7 Å². The number of hydrogen-bond acceptors (Lipinski definition) is 7. The first-order valence-corrected chi connectivity index (χ1v) is 11.8. The lowest BCUT2D eigenvalue weighted by molar-refractivity contribution is -0.897. The standard InChI is InChI=1S/C23H34N6O2/c1-2-24-23-25-12-20-15-29(30,16-21-4-3-8-28(21)22(20)26-23)14-18-5-9-27(10-6-18)13-19-7-11-31-17-19/h7,11-12,17-18,21H,2-6,8-10,13-16H2,1H3,(H,24,25,26)/t21-,29?/m0/s1. The van der Waals surface area contributed by atoms with Gasteiger partial charge in [0.15, 0.2) is 0 Å². The molecule has 3 aliphatic heterocycles. The Kier molecular flexibility index (Phi) is 5.86. The summed E-state index contributed by atoms with van der Waals surface area (Å²) in [5, 5.41) is 17.3. The molecule has 0 saturated carbocycles. The van der Waals surface area contributed by atoms with E-state index in [9.17, 15) is 5.21 Å². The molecule has 0 bridgehead atoms. The zero-order valence-corrected chi connectivity index (χ0v) is 18.5. The van der Waals surface area contributed by atoms with Gasteiger partial charge in [-0.25, -0.2) is 4.98 Å². The highest BCUT2D eigenvalue weighted by Crippen LogP contribution is 2.36. The summed E-state index contributed by atoms with van der Waals surface area (Å²) in [7, 11) is 0. The molecule has 1 unspecified atom stereocenters. The van der Waals surface area contributed by atoms with Crippen LogP contribution < -0.4 is 10.2 Å². The second kappa shape index (κ2) is 8.76. The molecular formula is C23H34N6O2. The molecule has 2 atom stereocenters. The molecule has 31 heavy (non-hydrogen) atoms. The first kappa shape index (κ1) is 20.7. The lowest BCUT2D eigenvalue weighted by Gasteiger charge is -2.46. The van der Waals surface area contributed by atoms with Gasteiger partial charge in [0.2, 0.25) is 5.95 Å². The zero-order chi connectivity index (χ0) is 21.3. The van der Waals surface area contributed by atoms with Crippen molar-refractivity contribution in [2.75, 3.05) is 49.5 Å². The normalized spacial score (nSPS) is 27.0. The molecule has 0 aliphatic carbocycles. The van der Waals surface area contributed by atoms with Gasteiger partial charge in [-0.05, 0) is 51.8 Å². The predicted octanol–water partition coefficient (Wildman–Crippen LogP) is 3.21. The van der Waals surface area contributed by atoms with E-state index in [1.165, 1.54) is 5.56 Å². The van der Waals surface area contributed by atoms with Crippen LogP contribution in [-0.2, 0) is 13.1 Å². The summed E-state index contributed by atoms with van der Waals surface area (Å²) >= 11 is 0. The number of rotatable bonds is 6. The van der Waals surface area contributed by atoms with Crippen LogP contribution in [-0.4, -0.2) is 64.8 Å². The number of nitrogens with zero attached hydrogens (tertiary/aromatic N) is 5. The Balaban J connectivity index is 1.27. The van der Waals surface area contributed by atoms with E-state index in [0.717, 1.165) is 69.8 Å². The maximum atomic E-state index is 14.1. The Hall–Kier alpha value is -2.16. The molecular weight excluding hydrogens is 392 g/mol. The average Bonchev–Trinajstić information content (AvgIpc) is 3.41. The SMILES string of the molecule is CCNc1ncc2c(n1)N1CCC[C@H]1C[N+]([O-])(CC1CCN(Cc3ccoc3)CC1)C2. The van der Waals surface area contributed by atoms with Crippen molar-refractivity contribution < 1.29 is 9.06 Å². The highest BCUT2D eigenvalue weighted by molar-refractivity contribution is 5.51. The van der Waals surface area contributed by atoms with Gasteiger partial charge in [0.05, 0.1) is 37.2 Å². The number of anilines is 2. The summed E-state index contributed by atoms with van der Waals surface area (Å²) in [6, 6.07) is 2.33. The largest absolute Gasteiger partial charge is 0.632 e. The van der Waals surface area contributed by atoms with Crippen LogP contribution in [0.5, 0.6) is 0 Å². The number of nitrogens with one attached hydrogen (secondary N) is 1. The predicted molar refractivity (Wildman–Crippen MR) is 120 cm³/mol. The zero-order valence-electron chi connectivity index (χ0n) is 18.5. The molecule has 2 aromatic heterocycles. The van der Waals surface area contributed by atoms with Gasteiger partial charge in [-0.15, -0.1) is 0 Å². The number of piperidine rings is 1. The van der Waals surface area contributed by atoms with Crippen molar-refractivity contribution in [2.24, 2.45) is 5.92 Å². The molecule has 2 aromatic rings. The van der Waals surface area contributed by atoms with Gasteiger partial charge in [0.25, 0.3) is 0 Å². The lowest BCUT2D eigenvalue weighted by atomic mass is 9.95. The quantitative estimate of drug-likeness (QED) is 0.561. The molecule has 0 radical (unpaired) electrons. The summed E-state index contributed by atoms with van der Waals surface area (Å²) in [4.78, 5) is 14.1. The Morgan fingerprint density at radius 2 is 2.13 bits per heavy atom. The van der Waals surface area contributed by atoms with Gasteiger partial charge in [-0.3, -0.25) is 4.90 Å². The number of furan rings is 1. The summed E-state index contributed by atoms with van der Waals surface area (Å²) < 4.78 is 5.06. The second-order valence-corrected chi connectivity index (χ2v) is 9.49. The van der Waals surface area contributed by atoms with Crippen molar-refractivity contribution in [3.63, 3.8) is 0 Å². The third-order valence-corrected chi connectivity index (χ3v) is 7.11. The van der Waals surface area contributed by atoms with Crippen LogP contribution in [0, 0.1) is 11.1 Å². The molecule has 2 saturated heterocycles. The van der Waals surface area contributed by atoms with Gasteiger partial charge in [0, 0.05) is 37.3 Å². The molecule has 0 spiro atoms. The van der Waals surface area contributed by atoms with Crippen LogP contribution in [0.2, 0.25) is 0 Å². The van der Waals surface area contributed by atoms with Crippen molar-refractivity contribution in [1.82, 2.24) is 14.9 Å². The van der Waals surface area contributed by atoms with Crippen LogP contribution >= 0.6 is 0 Å². The fraction of sp³-hybridized carbons (Fsp3) is 0.652. The van der Waals surface area contributed by atoms with E-state index in [2.05, 4.69) is 20.1 Å². The van der Waals surface area contributed by atoms with Crippen molar-refractivity contribution in [1.29, 1.82) is 0 Å². The van der Waals surface area contributed by atoms with Crippen LogP contribution in [0.3, 0.4) is 0 Å². The molecule has 8 heteroatoms. The van der Waals surface area contributed by atoms with E-state index in [1.807, 2.05) is 25.5 Å². The van der Waals surface area contributed by atoms with Crippen LogP contribution in [0.4, 0.5) is 11.8 Å². The minimum atomic E-state index is -0.134. The summed E-state index contributed by atoms with van der Waals surface area (Å²) in [5.41, 5.74) is 2.24. The molecule has 1 N–H and O–H groups in total. The first-order chi connectivity index (χ1) is 15.1. The van der Waals surface area contributed by atoms with E-state index >= 15 is 0 Å². The monoisotopic (exact) mass is 426 g/mol. The molecule has 0 aromatic carbocycles. The van der Waals surface area contributed by atoms with Crippen molar-refractivity contribution in [3.8, 4) is 0 Å². The minimum Gasteiger partial charge on any atom is -0.632 e. The van der Waals surface area contributed by atoms with Crippen molar-refractivity contribution in [3.05, 3.63) is 41.1 Å². The van der Waals surface area contributed by atoms with E-state index in [1.54, 1.807) is 6.26 Å². The third kappa shape index (κ3) is 4.56. The summed E-state index contributed by atoms with van der Waals surface area (Å²) in [6.07, 6.45) is 9.87. The third-order valence-electron chi connectivity index (χ3n) is 7.11. The highest BCUT2D eigenvalue weighted by Gasteiger charge is 2.39. The van der Waals surface area contributed by atoms with Gasteiger partial charge >= 0.3 is 0 Å². The van der Waals surface area contributed by atoms with E-state index < -0.39 is 0 Å². The van der Waals surface area contributed by atoms with Crippen LogP contribution in [0.25, 0.3) is 0 Å². The first-order valence-electron chi connectivity index (χ1n) is 11.8. The summed E-state index contributed by atoms with van der Waals surface area (Å²) in [5.74, 6) is 2.14. The minimum absolute atomic E-state index is 0.134. The van der Waals surface area contributed by atoms with E-state index in [0.29, 0.717) is 37.5 Å². The number of fused-ring (bicyclic) bond motifs is 3. The van der Waals surface area contributed by atoms with Crippen LogP contribution in [0.1, 0.15) is 43.7 Å². The van der Waals surface area contributed by atoms with Gasteiger partial charge in [-0.1, -0.05) is 0 Å². The maximum Gasteiger partial charge on any atom is 0.224 e. The smallest absolute Gasteiger partial charge is 0.224 e. The number of quaternary nitrogens is 1. The fourth-order valence-corrected chi connectivity index (χ4v) is 5.64. The Morgan fingerprint density at radius 1 is 1.26 bits per heavy atom. The number of aromatic nitrogens is 2. The van der Waals surface area contributed by atoms with Gasteiger partial charge in [0.1, 0.15) is 12.4 Å². The molecule has 0 amide bonds. The molecule has 8 nitrogen and oxygen atoms in total. The molecule has 2 fully saturated rings. The van der Waals surface area contributed by atoms with E-state index in [4.69, 9.17) is 9.40 Å². The average molecular weight is 427 g/mol. The highest BCUT2D eigenvalue weighted by atomic mass is 16.5. The van der Waals surface area contributed by atoms with Crippen molar-refractivity contribution >= 4 is 11.8 Å². The summed E-state index contributed by atoms with van der Waals surface area (Å²) in [6.45, 7) is 8.75. The Labute approximate surface area is 184 Å². The van der Waals surface area contributed by atoms with E-state index in [-0.39, 0.29) is 4.65 Å². The van der Waals surface area contributed by atoms with Gasteiger partial charge in [-0.2, -0.15) is 4.98 Å². The number of hydroxylamine groups is 3. The number of likely N-dealkylation sites (tertiary alicyclic amines) is 1. The van der Waals surface area contributed by atoms with Gasteiger partial charge < -0.3 is 24.5 Å². The Morgan fingerprint density at radius 3 is 2.90 bits per heavy atom. The molecule has 5 rings (SSSR count). The topological polar surface area (TPSA) is 80.5 Å². The molecule has 3 aliphatic rings. The second-order valence-electron chi connectivity index (χ2n) is 9.49. The lowest BCUT2D eigenvalue weighted by Crippen LogP contribution is -2.51. The maximum absolute atomic E-state index is 14.1. The Bertz CT molecular complexity index is 867. The molecule has 5 heterocycles. The van der Waals surface area contributed by atoms with Crippen LogP contribution in [0.15, 0.2) is 29.2 Å². The fourth-order valence-electron chi connectivity index (χ4n) is 5.64. The molecule has 168 valence electrons.